The Labute approximate surface area is 142 Å². The summed E-state index contributed by atoms with van der Waals surface area (Å²) in [6, 6.07) is 19.6. The zero-order valence-electron chi connectivity index (χ0n) is 13.6. The summed E-state index contributed by atoms with van der Waals surface area (Å²) in [5.74, 6) is -0.119. The molecule has 2 N–H and O–H groups in total. The Morgan fingerprint density at radius 3 is 2.50 bits per heavy atom. The average molecular weight is 319 g/mol. The highest BCUT2D eigenvalue weighted by Gasteiger charge is 2.31. The molecule has 2 aromatic carbocycles. The van der Waals surface area contributed by atoms with Crippen LogP contribution < -0.4 is 5.73 Å². The molecule has 0 aliphatic carbocycles. The maximum atomic E-state index is 12.5. The van der Waals surface area contributed by atoms with Crippen molar-refractivity contribution in [1.82, 2.24) is 4.90 Å². The van der Waals surface area contributed by atoms with Crippen LogP contribution in [0, 0.1) is 11.3 Å². The number of nitrogens with two attached hydrogens (primary N) is 1. The van der Waals surface area contributed by atoms with Crippen LogP contribution in [-0.4, -0.2) is 29.4 Å². The van der Waals surface area contributed by atoms with Crippen molar-refractivity contribution in [3.63, 3.8) is 0 Å². The largest absolute Gasteiger partial charge is 0.325 e. The normalized spacial score (nSPS) is 18.2. The van der Waals surface area contributed by atoms with Crippen molar-refractivity contribution in [2.24, 2.45) is 5.73 Å². The lowest BCUT2D eigenvalue weighted by molar-refractivity contribution is -0.132. The van der Waals surface area contributed by atoms with Gasteiger partial charge in [0.25, 0.3) is 0 Å². The minimum Gasteiger partial charge on any atom is -0.325 e. The standard InChI is InChI=1S/C20H21N3O/c21-14-18-7-4-12-23(18)20(24)19(22)13-15-8-10-17(11-9-15)16-5-2-1-3-6-16/h1-3,5-6,8-11,18-19H,4,7,12-13,22H2/t18?,19-/m0/s1. The third-order valence-electron chi connectivity index (χ3n) is 4.52. The van der Waals surface area contributed by atoms with Crippen LogP contribution in [0.25, 0.3) is 11.1 Å². The molecule has 1 fully saturated rings. The van der Waals surface area contributed by atoms with E-state index >= 15 is 0 Å². The Kier molecular flexibility index (Phi) is 4.93. The molecule has 4 nitrogen and oxygen atoms in total. The quantitative estimate of drug-likeness (QED) is 0.942. The molecule has 4 heteroatoms. The van der Waals surface area contributed by atoms with E-state index in [1.165, 1.54) is 5.56 Å². The van der Waals surface area contributed by atoms with Crippen LogP contribution in [0.4, 0.5) is 0 Å². The number of amides is 1. The van der Waals surface area contributed by atoms with Gasteiger partial charge in [-0.2, -0.15) is 5.26 Å². The minimum absolute atomic E-state index is 0.119. The fourth-order valence-corrected chi connectivity index (χ4v) is 3.18. The lowest BCUT2D eigenvalue weighted by atomic mass is 10.0. The smallest absolute Gasteiger partial charge is 0.240 e. The Morgan fingerprint density at radius 2 is 1.83 bits per heavy atom. The molecule has 1 saturated heterocycles. The molecule has 3 rings (SSSR count). The Morgan fingerprint density at radius 1 is 1.17 bits per heavy atom. The number of carbonyl (C=O) groups is 1. The van der Waals surface area contributed by atoms with Crippen molar-refractivity contribution in [1.29, 1.82) is 5.26 Å². The maximum Gasteiger partial charge on any atom is 0.240 e. The highest BCUT2D eigenvalue weighted by atomic mass is 16.2. The molecule has 1 aliphatic heterocycles. The second-order valence-electron chi connectivity index (χ2n) is 6.19. The number of nitriles is 1. The lowest BCUT2D eigenvalue weighted by Gasteiger charge is -2.23. The number of hydrogen-bond acceptors (Lipinski definition) is 3. The maximum absolute atomic E-state index is 12.5. The fraction of sp³-hybridized carbons (Fsp3) is 0.300. The van der Waals surface area contributed by atoms with E-state index in [9.17, 15) is 4.79 Å². The van der Waals surface area contributed by atoms with Gasteiger partial charge in [-0.05, 0) is 36.0 Å². The van der Waals surface area contributed by atoms with Crippen molar-refractivity contribution in [3.05, 3.63) is 60.2 Å². The molecule has 1 unspecified atom stereocenters. The minimum atomic E-state index is -0.596. The van der Waals surface area contributed by atoms with Crippen LogP contribution >= 0.6 is 0 Å². The number of benzene rings is 2. The van der Waals surface area contributed by atoms with Gasteiger partial charge in [0.2, 0.25) is 5.91 Å². The lowest BCUT2D eigenvalue weighted by Crippen LogP contribution is -2.46. The van der Waals surface area contributed by atoms with Crippen LogP contribution in [0.5, 0.6) is 0 Å². The van der Waals surface area contributed by atoms with Gasteiger partial charge in [-0.25, -0.2) is 0 Å². The van der Waals surface area contributed by atoms with E-state index in [-0.39, 0.29) is 11.9 Å². The molecule has 24 heavy (non-hydrogen) atoms. The SMILES string of the molecule is N#CC1CCCN1C(=O)[C@@H](N)Cc1ccc(-c2ccccc2)cc1. The van der Waals surface area contributed by atoms with E-state index in [0.717, 1.165) is 24.0 Å². The summed E-state index contributed by atoms with van der Waals surface area (Å²) in [6.45, 7) is 0.637. The van der Waals surface area contributed by atoms with Gasteiger partial charge in [-0.3, -0.25) is 4.79 Å². The first-order valence-electron chi connectivity index (χ1n) is 8.29. The molecule has 0 spiro atoms. The highest BCUT2D eigenvalue weighted by molar-refractivity contribution is 5.83. The average Bonchev–Trinajstić information content (AvgIpc) is 3.11. The second kappa shape index (κ2) is 7.29. The Balaban J connectivity index is 1.65. The molecular weight excluding hydrogens is 298 g/mol. The highest BCUT2D eigenvalue weighted by Crippen LogP contribution is 2.21. The molecule has 2 aromatic rings. The number of nitrogens with zero attached hydrogens (tertiary/aromatic N) is 2. The topological polar surface area (TPSA) is 70.1 Å². The number of carbonyl (C=O) groups excluding carboxylic acids is 1. The van der Waals surface area contributed by atoms with Gasteiger partial charge in [0.05, 0.1) is 12.1 Å². The van der Waals surface area contributed by atoms with E-state index in [4.69, 9.17) is 11.0 Å². The molecule has 2 atom stereocenters. The van der Waals surface area contributed by atoms with Gasteiger partial charge in [0, 0.05) is 6.54 Å². The predicted molar refractivity (Wildman–Crippen MR) is 93.9 cm³/mol. The van der Waals surface area contributed by atoms with Crippen molar-refractivity contribution in [2.75, 3.05) is 6.54 Å². The van der Waals surface area contributed by atoms with Gasteiger partial charge in [0.1, 0.15) is 6.04 Å². The first-order chi connectivity index (χ1) is 11.7. The van der Waals surface area contributed by atoms with Gasteiger partial charge in [-0.1, -0.05) is 54.6 Å². The molecule has 0 radical (unpaired) electrons. The molecule has 1 heterocycles. The number of hydrogen-bond donors (Lipinski definition) is 1. The monoisotopic (exact) mass is 319 g/mol. The molecule has 0 saturated carbocycles. The van der Waals surface area contributed by atoms with Gasteiger partial charge < -0.3 is 10.6 Å². The van der Waals surface area contributed by atoms with Crippen molar-refractivity contribution in [2.45, 2.75) is 31.3 Å². The van der Waals surface area contributed by atoms with Crippen molar-refractivity contribution >= 4 is 5.91 Å². The van der Waals surface area contributed by atoms with Crippen LogP contribution in [0.15, 0.2) is 54.6 Å². The molecule has 0 bridgehead atoms. The zero-order valence-corrected chi connectivity index (χ0v) is 13.6. The van der Waals surface area contributed by atoms with Gasteiger partial charge >= 0.3 is 0 Å². The summed E-state index contributed by atoms with van der Waals surface area (Å²) in [5, 5.41) is 9.11. The van der Waals surface area contributed by atoms with E-state index in [1.54, 1.807) is 4.90 Å². The Hall–Kier alpha value is -2.64. The van der Waals surface area contributed by atoms with Crippen LogP contribution in [0.2, 0.25) is 0 Å². The molecule has 0 aromatic heterocycles. The van der Waals surface area contributed by atoms with Crippen LogP contribution in [0.3, 0.4) is 0 Å². The first-order valence-corrected chi connectivity index (χ1v) is 8.29. The summed E-state index contributed by atoms with van der Waals surface area (Å²) in [6.07, 6.45) is 2.12. The van der Waals surface area contributed by atoms with Crippen LogP contribution in [-0.2, 0) is 11.2 Å². The second-order valence-corrected chi connectivity index (χ2v) is 6.19. The fourth-order valence-electron chi connectivity index (χ4n) is 3.18. The Bertz CT molecular complexity index is 734. The van der Waals surface area contributed by atoms with Crippen molar-refractivity contribution < 1.29 is 4.79 Å². The molecule has 1 aliphatic rings. The van der Waals surface area contributed by atoms with E-state index < -0.39 is 6.04 Å². The first kappa shape index (κ1) is 16.2. The zero-order chi connectivity index (χ0) is 16.9. The third-order valence-corrected chi connectivity index (χ3v) is 4.52. The van der Waals surface area contributed by atoms with Crippen molar-refractivity contribution in [3.8, 4) is 17.2 Å². The molecule has 122 valence electrons. The third kappa shape index (κ3) is 3.47. The molecule has 1 amide bonds. The van der Waals surface area contributed by atoms with E-state index in [0.29, 0.717) is 13.0 Å². The van der Waals surface area contributed by atoms with Crippen LogP contribution in [0.1, 0.15) is 18.4 Å². The summed E-state index contributed by atoms with van der Waals surface area (Å²) in [5.41, 5.74) is 9.43. The summed E-state index contributed by atoms with van der Waals surface area (Å²) in [7, 11) is 0. The number of rotatable bonds is 4. The summed E-state index contributed by atoms with van der Waals surface area (Å²) < 4.78 is 0. The van der Waals surface area contributed by atoms with Gasteiger partial charge in [0.15, 0.2) is 0 Å². The number of likely N-dealkylation sites (tertiary alicyclic amines) is 1. The van der Waals surface area contributed by atoms with Gasteiger partial charge in [-0.15, -0.1) is 0 Å². The molecular formula is C20H21N3O. The van der Waals surface area contributed by atoms with E-state index in [1.807, 2.05) is 30.3 Å². The van der Waals surface area contributed by atoms with E-state index in [2.05, 4.69) is 30.3 Å². The summed E-state index contributed by atoms with van der Waals surface area (Å²) >= 11 is 0. The summed E-state index contributed by atoms with van der Waals surface area (Å²) in [4.78, 5) is 14.1. The predicted octanol–water partition coefficient (Wildman–Crippen LogP) is 2.74.